The summed E-state index contributed by atoms with van der Waals surface area (Å²) in [4.78, 5) is 35.1. The van der Waals surface area contributed by atoms with Gasteiger partial charge in [0.2, 0.25) is 11.8 Å². The molecule has 7 heteroatoms. The zero-order valence-corrected chi connectivity index (χ0v) is 21.1. The molecule has 2 amide bonds. The fourth-order valence-electron chi connectivity index (χ4n) is 5.90. The molecule has 7 nitrogen and oxygen atoms in total. The quantitative estimate of drug-likeness (QED) is 0.438. The summed E-state index contributed by atoms with van der Waals surface area (Å²) in [5, 5.41) is 1.07. The SMILES string of the molecule is COc1ccc(OC)c(C2c3[nH]c4ccccc4c3CC3C(=O)N(C(C)c4ccccc4)CC(=O)N32)c1. The molecule has 0 spiro atoms. The topological polar surface area (TPSA) is 74.9 Å². The number of hydrogen-bond donors (Lipinski definition) is 1. The van der Waals surface area contributed by atoms with Gasteiger partial charge >= 0.3 is 0 Å². The maximum Gasteiger partial charge on any atom is 0.246 e. The number of carbonyl (C=O) groups excluding carboxylic acids is 2. The minimum absolute atomic E-state index is 0.0176. The first-order valence-electron chi connectivity index (χ1n) is 12.5. The molecule has 0 aliphatic carbocycles. The van der Waals surface area contributed by atoms with Crippen LogP contribution in [0.3, 0.4) is 0 Å². The van der Waals surface area contributed by atoms with Crippen LogP contribution in [0.15, 0.2) is 72.8 Å². The Hall–Kier alpha value is -4.26. The van der Waals surface area contributed by atoms with Crippen LogP contribution in [0.25, 0.3) is 10.9 Å². The summed E-state index contributed by atoms with van der Waals surface area (Å²) in [5.74, 6) is 1.16. The lowest BCUT2D eigenvalue weighted by atomic mass is 9.85. The maximum atomic E-state index is 14.1. The molecule has 188 valence electrons. The first kappa shape index (κ1) is 23.2. The Morgan fingerprint density at radius 1 is 0.946 bits per heavy atom. The summed E-state index contributed by atoms with van der Waals surface area (Å²) in [5.41, 5.74) is 4.74. The highest BCUT2D eigenvalue weighted by Crippen LogP contribution is 2.46. The molecule has 0 bridgehead atoms. The molecule has 1 saturated heterocycles. The highest BCUT2D eigenvalue weighted by molar-refractivity contribution is 5.98. The molecule has 0 radical (unpaired) electrons. The molecular weight excluding hydrogens is 466 g/mol. The van der Waals surface area contributed by atoms with Crippen LogP contribution >= 0.6 is 0 Å². The van der Waals surface area contributed by atoms with Crippen molar-refractivity contribution in [3.8, 4) is 11.5 Å². The fourth-order valence-corrected chi connectivity index (χ4v) is 5.90. The normalized spacial score (nSPS) is 20.0. The maximum absolute atomic E-state index is 14.1. The second kappa shape index (κ2) is 9.00. The number of methoxy groups -OCH3 is 2. The van der Waals surface area contributed by atoms with Crippen molar-refractivity contribution in [3.05, 3.63) is 95.2 Å². The molecule has 2 aliphatic rings. The van der Waals surface area contributed by atoms with Crippen molar-refractivity contribution in [1.29, 1.82) is 0 Å². The van der Waals surface area contributed by atoms with E-state index in [1.54, 1.807) is 24.0 Å². The van der Waals surface area contributed by atoms with E-state index >= 15 is 0 Å². The van der Waals surface area contributed by atoms with Crippen LogP contribution in [0.1, 0.15) is 41.4 Å². The first-order valence-corrected chi connectivity index (χ1v) is 12.5. The summed E-state index contributed by atoms with van der Waals surface area (Å²) in [6.07, 6.45) is 0.449. The van der Waals surface area contributed by atoms with Crippen molar-refractivity contribution >= 4 is 22.7 Å². The molecule has 1 fully saturated rings. The van der Waals surface area contributed by atoms with Gasteiger partial charge in [0.25, 0.3) is 0 Å². The number of rotatable bonds is 5. The molecule has 3 aromatic carbocycles. The molecule has 2 aliphatic heterocycles. The zero-order valence-electron chi connectivity index (χ0n) is 21.1. The molecular formula is C30H29N3O4. The second-order valence-electron chi connectivity index (χ2n) is 9.65. The molecule has 3 unspecified atom stereocenters. The number of nitrogens with zero attached hydrogens (tertiary/aromatic N) is 2. The average molecular weight is 496 g/mol. The summed E-state index contributed by atoms with van der Waals surface area (Å²) >= 11 is 0. The first-order chi connectivity index (χ1) is 18.0. The van der Waals surface area contributed by atoms with Crippen molar-refractivity contribution in [1.82, 2.24) is 14.8 Å². The minimum Gasteiger partial charge on any atom is -0.497 e. The third-order valence-corrected chi connectivity index (χ3v) is 7.77. The van der Waals surface area contributed by atoms with E-state index in [0.29, 0.717) is 17.9 Å². The Morgan fingerprint density at radius 2 is 1.70 bits per heavy atom. The van der Waals surface area contributed by atoms with Crippen molar-refractivity contribution in [2.75, 3.05) is 20.8 Å². The third kappa shape index (κ3) is 3.65. The number of H-pyrrole nitrogens is 1. The molecule has 37 heavy (non-hydrogen) atoms. The smallest absolute Gasteiger partial charge is 0.246 e. The minimum atomic E-state index is -0.625. The number of benzene rings is 3. The van der Waals surface area contributed by atoms with Crippen molar-refractivity contribution in [2.24, 2.45) is 0 Å². The van der Waals surface area contributed by atoms with E-state index in [2.05, 4.69) is 11.1 Å². The van der Waals surface area contributed by atoms with Crippen LogP contribution in [-0.4, -0.2) is 53.4 Å². The Bertz CT molecular complexity index is 1500. The monoisotopic (exact) mass is 495 g/mol. The summed E-state index contributed by atoms with van der Waals surface area (Å²) in [6.45, 7) is 2.00. The van der Waals surface area contributed by atoms with Gasteiger partial charge in [-0.25, -0.2) is 0 Å². The number of fused-ring (bicyclic) bond motifs is 4. The predicted molar refractivity (Wildman–Crippen MR) is 141 cm³/mol. The number of hydrogen-bond acceptors (Lipinski definition) is 4. The van der Waals surface area contributed by atoms with Crippen molar-refractivity contribution in [3.63, 3.8) is 0 Å². The Labute approximate surface area is 215 Å². The van der Waals surface area contributed by atoms with E-state index in [1.807, 2.05) is 73.7 Å². The highest BCUT2D eigenvalue weighted by atomic mass is 16.5. The van der Waals surface area contributed by atoms with E-state index in [0.717, 1.165) is 33.3 Å². The largest absolute Gasteiger partial charge is 0.497 e. The zero-order chi connectivity index (χ0) is 25.7. The van der Waals surface area contributed by atoms with Crippen molar-refractivity contribution in [2.45, 2.75) is 31.5 Å². The Morgan fingerprint density at radius 3 is 2.46 bits per heavy atom. The summed E-state index contributed by atoms with van der Waals surface area (Å²) in [7, 11) is 3.23. The van der Waals surface area contributed by atoms with Gasteiger partial charge in [-0.3, -0.25) is 9.59 Å². The summed E-state index contributed by atoms with van der Waals surface area (Å²) < 4.78 is 11.3. The van der Waals surface area contributed by atoms with E-state index in [-0.39, 0.29) is 24.4 Å². The number of ether oxygens (including phenoxy) is 2. The van der Waals surface area contributed by atoms with Gasteiger partial charge in [0.15, 0.2) is 0 Å². The molecule has 0 saturated carbocycles. The predicted octanol–water partition coefficient (Wildman–Crippen LogP) is 4.63. The molecule has 6 rings (SSSR count). The van der Waals surface area contributed by atoms with E-state index in [4.69, 9.17) is 9.47 Å². The van der Waals surface area contributed by atoms with Crippen LogP contribution in [-0.2, 0) is 16.0 Å². The van der Waals surface area contributed by atoms with E-state index in [9.17, 15) is 9.59 Å². The van der Waals surface area contributed by atoms with Crippen LogP contribution in [0, 0.1) is 0 Å². The molecule has 4 aromatic rings. The standard InChI is InChI=1S/C30H29N3O4/c1-18(19-9-5-4-6-10-19)32-17-27(34)33-25(30(32)35)16-22-21-11-7-8-12-24(21)31-28(22)29(33)23-15-20(36-2)13-14-26(23)37-3/h4-15,18,25,29,31H,16-17H2,1-3H3. The number of carbonyl (C=O) groups is 2. The number of aromatic nitrogens is 1. The number of para-hydroxylation sites is 1. The lowest BCUT2D eigenvalue weighted by Crippen LogP contribution is -2.63. The molecule has 1 aromatic heterocycles. The molecule has 1 N–H and O–H groups in total. The second-order valence-corrected chi connectivity index (χ2v) is 9.65. The van der Waals surface area contributed by atoms with Gasteiger partial charge in [-0.1, -0.05) is 48.5 Å². The highest BCUT2D eigenvalue weighted by Gasteiger charge is 2.49. The van der Waals surface area contributed by atoms with Crippen LogP contribution in [0.2, 0.25) is 0 Å². The van der Waals surface area contributed by atoms with Gasteiger partial charge < -0.3 is 24.3 Å². The van der Waals surface area contributed by atoms with Gasteiger partial charge in [-0.15, -0.1) is 0 Å². The van der Waals surface area contributed by atoms with E-state index in [1.165, 1.54) is 0 Å². The molecule has 3 heterocycles. The lowest BCUT2D eigenvalue weighted by molar-refractivity contribution is -0.160. The van der Waals surface area contributed by atoms with Crippen LogP contribution in [0.5, 0.6) is 11.5 Å². The van der Waals surface area contributed by atoms with Gasteiger partial charge in [0, 0.05) is 28.6 Å². The Balaban J connectivity index is 1.52. The van der Waals surface area contributed by atoms with Gasteiger partial charge in [0.05, 0.1) is 20.3 Å². The number of amides is 2. The van der Waals surface area contributed by atoms with Crippen molar-refractivity contribution < 1.29 is 19.1 Å². The number of aromatic amines is 1. The molecule has 3 atom stereocenters. The summed E-state index contributed by atoms with van der Waals surface area (Å²) in [6, 6.07) is 22.2. The van der Waals surface area contributed by atoms with Gasteiger partial charge in [-0.05, 0) is 42.3 Å². The number of piperazine rings is 1. The van der Waals surface area contributed by atoms with Gasteiger partial charge in [0.1, 0.15) is 30.1 Å². The van der Waals surface area contributed by atoms with E-state index < -0.39 is 12.1 Å². The average Bonchev–Trinajstić information content (AvgIpc) is 3.32. The number of nitrogens with one attached hydrogen (secondary N) is 1. The third-order valence-electron chi connectivity index (χ3n) is 7.77. The lowest BCUT2D eigenvalue weighted by Gasteiger charge is -2.48. The van der Waals surface area contributed by atoms with Gasteiger partial charge in [-0.2, -0.15) is 0 Å². The Kier molecular flexibility index (Phi) is 5.63. The van der Waals surface area contributed by atoms with Crippen LogP contribution < -0.4 is 9.47 Å². The fraction of sp³-hybridized carbons (Fsp3) is 0.267. The van der Waals surface area contributed by atoms with Crippen LogP contribution in [0.4, 0.5) is 0 Å².